The van der Waals surface area contributed by atoms with E-state index in [2.05, 4.69) is 313 Å². The van der Waals surface area contributed by atoms with E-state index in [0.29, 0.717) is 0 Å². The minimum atomic E-state index is 1.07. The molecule has 0 aliphatic rings. The Morgan fingerprint density at radius 3 is 1.44 bits per heavy atom. The second kappa shape index (κ2) is 19.8. The molecule has 0 atom stereocenters. The first-order valence-electron chi connectivity index (χ1n) is 26.3. The molecule has 0 N–H and O–H groups in total. The summed E-state index contributed by atoms with van der Waals surface area (Å²) in [5.74, 6) is 0. The lowest BCUT2D eigenvalue weighted by Crippen LogP contribution is -2.12. The van der Waals surface area contributed by atoms with Crippen molar-refractivity contribution in [1.82, 2.24) is 0 Å². The number of fused-ring (bicyclic) bond motifs is 5. The van der Waals surface area contributed by atoms with Crippen LogP contribution < -0.4 is 9.80 Å². The average molecular weight is 999 g/mol. The number of rotatable bonds is 11. The number of anilines is 6. The van der Waals surface area contributed by atoms with Gasteiger partial charge in [0.15, 0.2) is 0 Å². The third-order valence-corrected chi connectivity index (χ3v) is 16.2. The summed E-state index contributed by atoms with van der Waals surface area (Å²) >= 11 is 1.85. The minimum absolute atomic E-state index is 1.07. The Kier molecular flexibility index (Phi) is 11.8. The van der Waals surface area contributed by atoms with Gasteiger partial charge >= 0.3 is 0 Å². The molecule has 2 nitrogen and oxygen atoms in total. The lowest BCUT2D eigenvalue weighted by Gasteiger charge is -2.29. The van der Waals surface area contributed by atoms with Crippen LogP contribution in [0.1, 0.15) is 0 Å². The van der Waals surface area contributed by atoms with Gasteiger partial charge in [-0.2, -0.15) is 0 Å². The number of nitrogens with zero attached hydrogens (tertiary/aromatic N) is 2. The van der Waals surface area contributed by atoms with Gasteiger partial charge in [-0.15, -0.1) is 11.3 Å². The number of hydrogen-bond acceptors (Lipinski definition) is 3. The van der Waals surface area contributed by atoms with Crippen LogP contribution in [-0.2, 0) is 0 Å². The van der Waals surface area contributed by atoms with E-state index < -0.39 is 0 Å². The molecule has 0 aliphatic carbocycles. The van der Waals surface area contributed by atoms with E-state index in [4.69, 9.17) is 0 Å². The van der Waals surface area contributed by atoms with Crippen LogP contribution in [0.25, 0.3) is 97.4 Å². The van der Waals surface area contributed by atoms with E-state index >= 15 is 0 Å². The zero-order valence-electron chi connectivity index (χ0n) is 42.2. The van der Waals surface area contributed by atoms with E-state index in [1.54, 1.807) is 0 Å². The monoisotopic (exact) mass is 998 g/mol. The van der Waals surface area contributed by atoms with Crippen molar-refractivity contribution >= 4 is 87.2 Å². The van der Waals surface area contributed by atoms with Crippen molar-refractivity contribution in [3.8, 4) is 55.6 Å². The smallest absolute Gasteiger partial charge is 0.0554 e. The molecule has 13 aromatic carbocycles. The lowest BCUT2D eigenvalue weighted by atomic mass is 9.97. The predicted octanol–water partition coefficient (Wildman–Crippen LogP) is 21.6. The molecule has 0 aliphatic heterocycles. The summed E-state index contributed by atoms with van der Waals surface area (Å²) in [6.07, 6.45) is 0. The van der Waals surface area contributed by atoms with Crippen molar-refractivity contribution in [3.05, 3.63) is 303 Å². The van der Waals surface area contributed by atoms with Gasteiger partial charge in [0.25, 0.3) is 0 Å². The molecule has 0 radical (unpaired) electrons. The summed E-state index contributed by atoms with van der Waals surface area (Å²) in [5.41, 5.74) is 18.3. The van der Waals surface area contributed by atoms with Crippen molar-refractivity contribution in [2.75, 3.05) is 9.80 Å². The number of benzene rings is 13. The van der Waals surface area contributed by atoms with Gasteiger partial charge in [-0.3, -0.25) is 0 Å². The van der Waals surface area contributed by atoms with Crippen LogP contribution in [0, 0.1) is 0 Å². The Hall–Kier alpha value is -9.80. The van der Waals surface area contributed by atoms with Crippen LogP contribution in [0.3, 0.4) is 0 Å². The molecule has 1 heterocycles. The van der Waals surface area contributed by atoms with Crippen molar-refractivity contribution in [1.29, 1.82) is 0 Å². The lowest BCUT2D eigenvalue weighted by molar-refractivity contribution is 1.28. The zero-order chi connectivity index (χ0) is 51.1. The number of thiophene rings is 1. The van der Waals surface area contributed by atoms with Gasteiger partial charge in [-0.05, 0) is 150 Å². The molecule has 0 bridgehead atoms. The normalized spacial score (nSPS) is 11.4. The number of hydrogen-bond donors (Lipinski definition) is 0. The van der Waals surface area contributed by atoms with E-state index in [1.165, 1.54) is 80.7 Å². The second-order valence-electron chi connectivity index (χ2n) is 19.7. The molecule has 77 heavy (non-hydrogen) atoms. The maximum absolute atomic E-state index is 2.46. The summed E-state index contributed by atoms with van der Waals surface area (Å²) in [6.45, 7) is 0. The maximum Gasteiger partial charge on any atom is 0.0554 e. The van der Waals surface area contributed by atoms with Gasteiger partial charge in [0.2, 0.25) is 0 Å². The van der Waals surface area contributed by atoms with Gasteiger partial charge in [-0.25, -0.2) is 0 Å². The van der Waals surface area contributed by atoms with E-state index in [0.717, 1.165) is 50.8 Å². The first-order valence-corrected chi connectivity index (χ1v) is 27.1. The predicted molar refractivity (Wildman–Crippen MR) is 331 cm³/mol. The Morgan fingerprint density at radius 1 is 0.221 bits per heavy atom. The Labute approximate surface area is 453 Å². The molecule has 3 heteroatoms. The quantitative estimate of drug-likeness (QED) is 0.127. The average Bonchev–Trinajstić information content (AvgIpc) is 3.92. The largest absolute Gasteiger partial charge is 0.310 e. The summed E-state index contributed by atoms with van der Waals surface area (Å²) in [7, 11) is 0. The van der Waals surface area contributed by atoms with Gasteiger partial charge in [0.1, 0.15) is 0 Å². The SMILES string of the molecule is c1ccc(-c2ccc(-c3cccc(N(c4cccc(-c5ccccc5N(c5ccc(-c6ccc7ccccc7c6)cc5)c5ccc(-c6cccc7ccccc67)cc5)c4)c4cccc5sc6ccccc6c45)c3)cc2)cc1. The van der Waals surface area contributed by atoms with Crippen LogP contribution in [0.4, 0.5) is 34.1 Å². The molecule has 0 saturated heterocycles. The summed E-state index contributed by atoms with van der Waals surface area (Å²) in [4.78, 5) is 4.88. The third kappa shape index (κ3) is 8.69. The fraction of sp³-hybridized carbons (Fsp3) is 0. The van der Waals surface area contributed by atoms with Crippen molar-refractivity contribution < 1.29 is 0 Å². The molecular weight excluding hydrogens is 949 g/mol. The molecule has 1 aromatic heterocycles. The highest BCUT2D eigenvalue weighted by Gasteiger charge is 2.22. The fourth-order valence-electron chi connectivity index (χ4n) is 11.3. The van der Waals surface area contributed by atoms with E-state index in [9.17, 15) is 0 Å². The summed E-state index contributed by atoms with van der Waals surface area (Å²) in [6, 6.07) is 111. The van der Waals surface area contributed by atoms with Crippen molar-refractivity contribution in [2.45, 2.75) is 0 Å². The van der Waals surface area contributed by atoms with Crippen molar-refractivity contribution in [2.24, 2.45) is 0 Å². The van der Waals surface area contributed by atoms with Crippen LogP contribution in [0.15, 0.2) is 303 Å². The Morgan fingerprint density at radius 2 is 0.675 bits per heavy atom. The maximum atomic E-state index is 2.46. The van der Waals surface area contributed by atoms with Crippen LogP contribution in [-0.4, -0.2) is 0 Å². The highest BCUT2D eigenvalue weighted by Crippen LogP contribution is 2.48. The van der Waals surface area contributed by atoms with Gasteiger partial charge in [0, 0.05) is 48.5 Å². The third-order valence-electron chi connectivity index (χ3n) is 15.0. The second-order valence-corrected chi connectivity index (χ2v) is 20.7. The first kappa shape index (κ1) is 45.8. The first-order chi connectivity index (χ1) is 38.2. The molecule has 362 valence electrons. The molecule has 0 fully saturated rings. The molecular formula is C74H50N2S. The highest BCUT2D eigenvalue weighted by atomic mass is 32.1. The Bertz CT molecular complexity index is 4440. The molecule has 0 spiro atoms. The topological polar surface area (TPSA) is 6.48 Å². The summed E-state index contributed by atoms with van der Waals surface area (Å²) in [5, 5.41) is 7.47. The fourth-order valence-corrected chi connectivity index (χ4v) is 12.4. The van der Waals surface area contributed by atoms with Gasteiger partial charge in [0.05, 0.1) is 11.4 Å². The summed E-state index contributed by atoms with van der Waals surface area (Å²) < 4.78 is 2.54. The molecule has 0 unspecified atom stereocenters. The highest BCUT2D eigenvalue weighted by molar-refractivity contribution is 7.26. The number of para-hydroxylation sites is 1. The standard InChI is InChI=1S/C74H50N2S/c1-2-16-51(17-3-1)53-34-36-54(37-35-53)59-22-12-24-64(49-59)76(71-31-15-33-73-74(71)69-28-9-11-32-72(69)77-73)65-25-13-23-61(50-65)68-27-8-10-30-70(68)75(62-44-40-55(41-45-62)60-39-38-52-18-4-5-20-58(52)48-60)63-46-42-57(43-47-63)67-29-14-21-56-19-6-7-26-66(56)67/h1-50H. The molecule has 0 amide bonds. The molecule has 14 rings (SSSR count). The Balaban J connectivity index is 0.903. The van der Waals surface area contributed by atoms with Crippen LogP contribution in [0.5, 0.6) is 0 Å². The van der Waals surface area contributed by atoms with Crippen molar-refractivity contribution in [3.63, 3.8) is 0 Å². The molecule has 0 saturated carbocycles. The van der Waals surface area contributed by atoms with E-state index in [-0.39, 0.29) is 0 Å². The van der Waals surface area contributed by atoms with Crippen LogP contribution >= 0.6 is 11.3 Å². The van der Waals surface area contributed by atoms with Gasteiger partial charge in [-0.1, -0.05) is 224 Å². The van der Waals surface area contributed by atoms with Gasteiger partial charge < -0.3 is 9.80 Å². The van der Waals surface area contributed by atoms with E-state index in [1.807, 2.05) is 11.3 Å². The minimum Gasteiger partial charge on any atom is -0.310 e. The van der Waals surface area contributed by atoms with Crippen LogP contribution in [0.2, 0.25) is 0 Å². The zero-order valence-corrected chi connectivity index (χ0v) is 43.0. The molecule has 14 aromatic rings.